The average Bonchev–Trinajstić information content (AvgIpc) is 2.77. The fraction of sp³-hybridized carbons (Fsp3) is 0.385. The molecular weight excluding hydrogens is 249 g/mol. The van der Waals surface area contributed by atoms with Crippen LogP contribution in [0.3, 0.4) is 0 Å². The lowest BCUT2D eigenvalue weighted by Crippen LogP contribution is -2.51. The molecule has 0 aromatic heterocycles. The highest BCUT2D eigenvalue weighted by Crippen LogP contribution is 2.38. The van der Waals surface area contributed by atoms with Crippen LogP contribution in [0.15, 0.2) is 24.3 Å². The van der Waals surface area contributed by atoms with Crippen molar-refractivity contribution in [2.24, 2.45) is 5.73 Å². The third kappa shape index (κ3) is 3.01. The van der Waals surface area contributed by atoms with Gasteiger partial charge >= 0.3 is 12.1 Å². The van der Waals surface area contributed by atoms with Gasteiger partial charge in [0.1, 0.15) is 5.82 Å². The largest absolute Gasteiger partial charge is 0.351 e. The molecule has 0 radical (unpaired) electrons. The van der Waals surface area contributed by atoms with E-state index in [1.165, 1.54) is 12.1 Å². The summed E-state index contributed by atoms with van der Waals surface area (Å²) in [4.78, 5) is 22.3. The number of imide groups is 1. The Bertz CT molecular complexity index is 498. The van der Waals surface area contributed by atoms with Crippen LogP contribution < -0.4 is 16.4 Å². The summed E-state index contributed by atoms with van der Waals surface area (Å²) in [7, 11) is 0. The van der Waals surface area contributed by atoms with Gasteiger partial charge < -0.3 is 11.1 Å². The number of nitrogens with one attached hydrogen (secondary N) is 2. The van der Waals surface area contributed by atoms with Gasteiger partial charge in [0.05, 0.1) is 5.54 Å². The summed E-state index contributed by atoms with van der Waals surface area (Å²) in [5.74, 6) is -0.346. The number of halogens is 1. The summed E-state index contributed by atoms with van der Waals surface area (Å²) in [6, 6.07) is 4.59. The van der Waals surface area contributed by atoms with Crippen molar-refractivity contribution < 1.29 is 14.0 Å². The molecule has 0 heterocycles. The van der Waals surface area contributed by atoms with E-state index in [1.54, 1.807) is 12.1 Å². The number of nitrogens with two attached hydrogens (primary N) is 1. The van der Waals surface area contributed by atoms with Crippen LogP contribution in [0, 0.1) is 5.82 Å². The van der Waals surface area contributed by atoms with Crippen LogP contribution in [0.25, 0.3) is 0 Å². The maximum Gasteiger partial charge on any atom is 0.323 e. The number of benzene rings is 1. The fourth-order valence-corrected chi connectivity index (χ4v) is 2.61. The predicted molar refractivity (Wildman–Crippen MR) is 67.8 cm³/mol. The van der Waals surface area contributed by atoms with Gasteiger partial charge in [0.25, 0.3) is 0 Å². The summed E-state index contributed by atoms with van der Waals surface area (Å²) < 4.78 is 13.3. The Labute approximate surface area is 110 Å². The molecule has 1 aromatic rings. The second-order valence-electron chi connectivity index (χ2n) is 4.74. The van der Waals surface area contributed by atoms with Gasteiger partial charge in [-0.05, 0) is 30.5 Å². The molecule has 4 amide bonds. The first kappa shape index (κ1) is 13.3. The van der Waals surface area contributed by atoms with E-state index in [4.69, 9.17) is 5.73 Å². The zero-order valence-electron chi connectivity index (χ0n) is 10.4. The Morgan fingerprint density at radius 1 is 1.26 bits per heavy atom. The molecule has 0 aliphatic heterocycles. The summed E-state index contributed by atoms with van der Waals surface area (Å²) in [6.45, 7) is 0. The van der Waals surface area contributed by atoms with Gasteiger partial charge in [0.15, 0.2) is 0 Å². The molecule has 4 N–H and O–H groups in total. The molecule has 0 bridgehead atoms. The van der Waals surface area contributed by atoms with Crippen molar-refractivity contribution in [3.63, 3.8) is 0 Å². The van der Waals surface area contributed by atoms with Gasteiger partial charge in [-0.1, -0.05) is 25.0 Å². The number of urea groups is 2. The van der Waals surface area contributed by atoms with Crippen LogP contribution >= 0.6 is 0 Å². The van der Waals surface area contributed by atoms with Gasteiger partial charge in [-0.3, -0.25) is 5.32 Å². The Morgan fingerprint density at radius 2 is 1.95 bits per heavy atom. The lowest BCUT2D eigenvalue weighted by molar-refractivity contribution is 0.219. The van der Waals surface area contributed by atoms with Crippen molar-refractivity contribution in [3.05, 3.63) is 35.6 Å². The molecule has 1 aliphatic carbocycles. The van der Waals surface area contributed by atoms with Crippen molar-refractivity contribution in [1.29, 1.82) is 0 Å². The highest BCUT2D eigenvalue weighted by Gasteiger charge is 2.37. The van der Waals surface area contributed by atoms with E-state index >= 15 is 0 Å². The second-order valence-corrected chi connectivity index (χ2v) is 4.74. The second kappa shape index (κ2) is 5.26. The van der Waals surface area contributed by atoms with Crippen molar-refractivity contribution in [2.45, 2.75) is 31.2 Å². The molecular formula is C13H16FN3O2. The number of primary amides is 1. The standard InChI is InChI=1S/C13H16FN3O2/c14-10-5-3-4-9(8-10)13(6-1-2-7-13)17-12(19)16-11(15)18/h3-5,8H,1-2,6-7H2,(H4,15,16,17,18,19). The number of hydrogen-bond donors (Lipinski definition) is 3. The van der Waals surface area contributed by atoms with Crippen LogP contribution in [0.5, 0.6) is 0 Å². The molecule has 19 heavy (non-hydrogen) atoms. The third-order valence-electron chi connectivity index (χ3n) is 3.42. The van der Waals surface area contributed by atoms with Gasteiger partial charge in [0, 0.05) is 0 Å². The third-order valence-corrected chi connectivity index (χ3v) is 3.42. The molecule has 0 atom stereocenters. The number of hydrogen-bond acceptors (Lipinski definition) is 2. The fourth-order valence-electron chi connectivity index (χ4n) is 2.61. The molecule has 102 valence electrons. The molecule has 1 fully saturated rings. The summed E-state index contributed by atoms with van der Waals surface area (Å²) >= 11 is 0. The topological polar surface area (TPSA) is 84.2 Å². The molecule has 1 aliphatic rings. The quantitative estimate of drug-likeness (QED) is 0.763. The molecule has 2 rings (SSSR count). The summed E-state index contributed by atoms with van der Waals surface area (Å²) in [5.41, 5.74) is 4.99. The minimum Gasteiger partial charge on any atom is -0.351 e. The minimum absolute atomic E-state index is 0.346. The first-order valence-electron chi connectivity index (χ1n) is 6.16. The van der Waals surface area contributed by atoms with Gasteiger partial charge in [-0.25, -0.2) is 14.0 Å². The SMILES string of the molecule is NC(=O)NC(=O)NC1(c2cccc(F)c2)CCCC1. The number of carbonyl (C=O) groups excluding carboxylic acids is 2. The number of rotatable bonds is 2. The first-order chi connectivity index (χ1) is 9.02. The van der Waals surface area contributed by atoms with E-state index in [1.807, 2.05) is 5.32 Å². The maximum absolute atomic E-state index is 13.3. The Kier molecular flexibility index (Phi) is 3.69. The molecule has 1 aromatic carbocycles. The Balaban J connectivity index is 2.23. The Hall–Kier alpha value is -2.11. The zero-order valence-corrected chi connectivity index (χ0v) is 10.4. The number of carbonyl (C=O) groups is 2. The monoisotopic (exact) mass is 265 g/mol. The highest BCUT2D eigenvalue weighted by molar-refractivity contribution is 5.92. The zero-order chi connectivity index (χ0) is 13.9. The normalized spacial score (nSPS) is 16.9. The molecule has 5 nitrogen and oxygen atoms in total. The Morgan fingerprint density at radius 3 is 2.53 bits per heavy atom. The predicted octanol–water partition coefficient (Wildman–Crippen LogP) is 1.97. The van der Waals surface area contributed by atoms with Crippen molar-refractivity contribution >= 4 is 12.1 Å². The highest BCUT2D eigenvalue weighted by atomic mass is 19.1. The summed E-state index contributed by atoms with van der Waals surface area (Å²) in [5, 5.41) is 4.72. The molecule has 0 spiro atoms. The number of amides is 4. The van der Waals surface area contributed by atoms with Gasteiger partial charge in [-0.2, -0.15) is 0 Å². The van der Waals surface area contributed by atoms with E-state index < -0.39 is 17.6 Å². The lowest BCUT2D eigenvalue weighted by Gasteiger charge is -2.30. The van der Waals surface area contributed by atoms with Crippen molar-refractivity contribution in [3.8, 4) is 0 Å². The van der Waals surface area contributed by atoms with E-state index in [0.29, 0.717) is 18.4 Å². The molecule has 1 saturated carbocycles. The minimum atomic E-state index is -0.912. The van der Waals surface area contributed by atoms with E-state index in [2.05, 4.69) is 5.32 Å². The van der Waals surface area contributed by atoms with Crippen LogP contribution in [-0.2, 0) is 5.54 Å². The lowest BCUT2D eigenvalue weighted by atomic mass is 9.88. The average molecular weight is 265 g/mol. The van der Waals surface area contributed by atoms with Crippen LogP contribution in [-0.4, -0.2) is 12.1 Å². The van der Waals surface area contributed by atoms with E-state index in [-0.39, 0.29) is 5.82 Å². The molecule has 0 saturated heterocycles. The first-order valence-corrected chi connectivity index (χ1v) is 6.16. The van der Waals surface area contributed by atoms with Gasteiger partial charge in [-0.15, -0.1) is 0 Å². The van der Waals surface area contributed by atoms with Crippen molar-refractivity contribution in [2.75, 3.05) is 0 Å². The molecule has 0 unspecified atom stereocenters. The van der Waals surface area contributed by atoms with E-state index in [0.717, 1.165) is 12.8 Å². The molecule has 6 heteroatoms. The summed E-state index contributed by atoms with van der Waals surface area (Å²) in [6.07, 6.45) is 3.30. The van der Waals surface area contributed by atoms with Crippen LogP contribution in [0.4, 0.5) is 14.0 Å². The van der Waals surface area contributed by atoms with E-state index in [9.17, 15) is 14.0 Å². The van der Waals surface area contributed by atoms with Crippen molar-refractivity contribution in [1.82, 2.24) is 10.6 Å². The van der Waals surface area contributed by atoms with Gasteiger partial charge in [0.2, 0.25) is 0 Å². The smallest absolute Gasteiger partial charge is 0.323 e. The van der Waals surface area contributed by atoms with Crippen LogP contribution in [0.1, 0.15) is 31.2 Å². The maximum atomic E-state index is 13.3. The van der Waals surface area contributed by atoms with Crippen LogP contribution in [0.2, 0.25) is 0 Å².